The van der Waals surface area contributed by atoms with Crippen LogP contribution in [0.1, 0.15) is 6.92 Å². The average Bonchev–Trinajstić information content (AvgIpc) is 2.79. The molecule has 1 unspecified atom stereocenters. The summed E-state index contributed by atoms with van der Waals surface area (Å²) in [5.74, 6) is 0.428. The van der Waals surface area contributed by atoms with Crippen LogP contribution in [0.25, 0.3) is 16.6 Å². The summed E-state index contributed by atoms with van der Waals surface area (Å²) >= 11 is 7.37. The van der Waals surface area contributed by atoms with Crippen LogP contribution >= 0.6 is 23.4 Å². The Morgan fingerprint density at radius 3 is 2.66 bits per heavy atom. The lowest BCUT2D eigenvalue weighted by molar-refractivity contribution is -0.115. The number of ether oxygens (including phenoxy) is 1. The molecule has 8 heteroatoms. The molecule has 0 aliphatic rings. The van der Waals surface area contributed by atoms with Gasteiger partial charge in [0, 0.05) is 16.8 Å². The highest BCUT2D eigenvalue weighted by molar-refractivity contribution is 8.00. The number of hydrogen-bond acceptors (Lipinski definition) is 5. The van der Waals surface area contributed by atoms with Crippen LogP contribution in [0.3, 0.4) is 0 Å². The molecule has 6 nitrogen and oxygen atoms in total. The first kappa shape index (κ1) is 21.9. The van der Waals surface area contributed by atoms with Gasteiger partial charge in [-0.25, -0.2) is 4.98 Å². The summed E-state index contributed by atoms with van der Waals surface area (Å²) in [6.07, 6.45) is 0. The number of aromatic nitrogens is 2. The molecule has 0 aliphatic carbocycles. The maximum absolute atomic E-state index is 13.3. The van der Waals surface area contributed by atoms with Gasteiger partial charge < -0.3 is 10.1 Å². The van der Waals surface area contributed by atoms with Gasteiger partial charge in [-0.05, 0) is 49.4 Å². The third-order valence-corrected chi connectivity index (χ3v) is 6.09. The number of nitrogens with zero attached hydrogens (tertiary/aromatic N) is 2. The molecule has 32 heavy (non-hydrogen) atoms. The number of thioether (sulfide) groups is 1. The predicted octanol–water partition coefficient (Wildman–Crippen LogP) is 5.17. The van der Waals surface area contributed by atoms with Crippen molar-refractivity contribution in [3.05, 3.63) is 88.2 Å². The topological polar surface area (TPSA) is 73.2 Å². The lowest BCUT2D eigenvalue weighted by Gasteiger charge is -2.17. The van der Waals surface area contributed by atoms with Gasteiger partial charge >= 0.3 is 0 Å². The van der Waals surface area contributed by atoms with Gasteiger partial charge in [-0.2, -0.15) is 0 Å². The summed E-state index contributed by atoms with van der Waals surface area (Å²) in [4.78, 5) is 30.9. The van der Waals surface area contributed by atoms with E-state index in [2.05, 4.69) is 10.3 Å². The summed E-state index contributed by atoms with van der Waals surface area (Å²) < 4.78 is 6.70. The lowest BCUT2D eigenvalue weighted by atomic mass is 10.2. The molecule has 0 saturated carbocycles. The standard InChI is InChI=1S/C24H20ClN3O3S/c1-15(22(29)26-17-8-6-10-19(14-17)31-2)32-24-27-21-12-4-3-11-20(21)23(30)28(24)18-9-5-7-16(25)13-18/h3-15H,1-2H3,(H,26,29). The van der Waals surface area contributed by atoms with E-state index in [0.29, 0.717) is 38.2 Å². The van der Waals surface area contributed by atoms with Crippen LogP contribution < -0.4 is 15.6 Å². The Balaban J connectivity index is 1.70. The Kier molecular flexibility index (Phi) is 6.48. The molecule has 0 bridgehead atoms. The number of halogens is 1. The quantitative estimate of drug-likeness (QED) is 0.314. The van der Waals surface area contributed by atoms with E-state index in [9.17, 15) is 9.59 Å². The number of nitrogens with one attached hydrogen (secondary N) is 1. The zero-order valence-corrected chi connectivity index (χ0v) is 19.0. The molecule has 3 aromatic carbocycles. The van der Waals surface area contributed by atoms with Gasteiger partial charge in [0.1, 0.15) is 5.75 Å². The van der Waals surface area contributed by atoms with Crippen molar-refractivity contribution in [2.45, 2.75) is 17.3 Å². The molecule has 0 saturated heterocycles. The summed E-state index contributed by atoms with van der Waals surface area (Å²) in [5, 5.41) is 3.75. The van der Waals surface area contributed by atoms with Crippen LogP contribution in [0.15, 0.2) is 82.7 Å². The largest absolute Gasteiger partial charge is 0.497 e. The van der Waals surface area contributed by atoms with E-state index in [1.54, 1.807) is 80.8 Å². The lowest BCUT2D eigenvalue weighted by Crippen LogP contribution is -2.26. The molecule has 1 aromatic heterocycles. The number of hydrogen-bond donors (Lipinski definition) is 1. The Morgan fingerprint density at radius 1 is 1.09 bits per heavy atom. The van der Waals surface area contributed by atoms with Crippen LogP contribution in [-0.2, 0) is 4.79 Å². The molecular formula is C24H20ClN3O3S. The van der Waals surface area contributed by atoms with E-state index in [1.165, 1.54) is 16.3 Å². The number of benzene rings is 3. The minimum Gasteiger partial charge on any atom is -0.497 e. The highest BCUT2D eigenvalue weighted by atomic mass is 35.5. The Bertz CT molecular complexity index is 1360. The third-order valence-electron chi connectivity index (χ3n) is 4.80. The first-order valence-corrected chi connectivity index (χ1v) is 11.1. The second kappa shape index (κ2) is 9.46. The smallest absolute Gasteiger partial charge is 0.266 e. The van der Waals surface area contributed by atoms with Crippen molar-refractivity contribution >= 4 is 45.9 Å². The molecule has 1 heterocycles. The van der Waals surface area contributed by atoms with Crippen molar-refractivity contribution in [1.29, 1.82) is 0 Å². The van der Waals surface area contributed by atoms with Gasteiger partial charge in [0.25, 0.3) is 5.56 Å². The fourth-order valence-electron chi connectivity index (χ4n) is 3.19. The highest BCUT2D eigenvalue weighted by Crippen LogP contribution is 2.27. The van der Waals surface area contributed by atoms with Crippen LogP contribution in [0, 0.1) is 0 Å². The van der Waals surface area contributed by atoms with E-state index < -0.39 is 5.25 Å². The normalized spacial score (nSPS) is 11.8. The monoisotopic (exact) mass is 465 g/mol. The summed E-state index contributed by atoms with van der Waals surface area (Å²) in [7, 11) is 1.57. The van der Waals surface area contributed by atoms with Gasteiger partial charge in [-0.15, -0.1) is 0 Å². The first-order chi connectivity index (χ1) is 15.5. The molecule has 0 aliphatic heterocycles. The van der Waals surface area contributed by atoms with Gasteiger partial charge in [0.2, 0.25) is 5.91 Å². The molecule has 4 aromatic rings. The summed E-state index contributed by atoms with van der Waals surface area (Å²) in [5.41, 5.74) is 1.56. The molecule has 0 spiro atoms. The number of methoxy groups -OCH3 is 1. The molecule has 1 N–H and O–H groups in total. The Hall–Kier alpha value is -3.29. The molecular weight excluding hydrogens is 446 g/mol. The fraction of sp³-hybridized carbons (Fsp3) is 0.125. The van der Waals surface area contributed by atoms with E-state index in [0.717, 1.165) is 0 Å². The molecule has 1 amide bonds. The predicted molar refractivity (Wildman–Crippen MR) is 129 cm³/mol. The number of anilines is 1. The fourth-order valence-corrected chi connectivity index (χ4v) is 4.30. The minimum atomic E-state index is -0.528. The molecule has 1 atom stereocenters. The number of carbonyl (C=O) groups is 1. The summed E-state index contributed by atoms with van der Waals surface area (Å²) in [6.45, 7) is 1.77. The van der Waals surface area contributed by atoms with Crippen LogP contribution in [0.2, 0.25) is 5.02 Å². The van der Waals surface area contributed by atoms with Crippen LogP contribution in [-0.4, -0.2) is 27.8 Å². The van der Waals surface area contributed by atoms with Crippen LogP contribution in [0.4, 0.5) is 5.69 Å². The highest BCUT2D eigenvalue weighted by Gasteiger charge is 2.20. The SMILES string of the molecule is COc1cccc(NC(=O)C(C)Sc2nc3ccccc3c(=O)n2-c2cccc(Cl)c2)c1. The van der Waals surface area contributed by atoms with Crippen molar-refractivity contribution in [3.63, 3.8) is 0 Å². The first-order valence-electron chi connectivity index (χ1n) is 9.85. The van der Waals surface area contributed by atoms with Crippen molar-refractivity contribution < 1.29 is 9.53 Å². The number of amides is 1. The van der Waals surface area contributed by atoms with Gasteiger partial charge in [0.05, 0.1) is 29.0 Å². The maximum Gasteiger partial charge on any atom is 0.266 e. The van der Waals surface area contributed by atoms with Crippen molar-refractivity contribution in [2.75, 3.05) is 12.4 Å². The van der Waals surface area contributed by atoms with Gasteiger partial charge in [-0.1, -0.05) is 47.6 Å². The van der Waals surface area contributed by atoms with Gasteiger partial charge in [-0.3, -0.25) is 14.2 Å². The summed E-state index contributed by atoms with van der Waals surface area (Å²) in [6, 6.07) is 21.3. The van der Waals surface area contributed by atoms with Crippen LogP contribution in [0.5, 0.6) is 5.75 Å². The average molecular weight is 466 g/mol. The second-order valence-electron chi connectivity index (χ2n) is 7.01. The van der Waals surface area contributed by atoms with Crippen molar-refractivity contribution in [2.24, 2.45) is 0 Å². The van der Waals surface area contributed by atoms with E-state index in [1.807, 2.05) is 6.07 Å². The molecule has 0 radical (unpaired) electrons. The van der Waals surface area contributed by atoms with E-state index in [4.69, 9.17) is 16.3 Å². The van der Waals surface area contributed by atoms with Crippen molar-refractivity contribution in [3.8, 4) is 11.4 Å². The number of para-hydroxylation sites is 1. The molecule has 162 valence electrons. The number of fused-ring (bicyclic) bond motifs is 1. The Labute approximate surface area is 194 Å². The van der Waals surface area contributed by atoms with E-state index in [-0.39, 0.29) is 11.5 Å². The zero-order valence-electron chi connectivity index (χ0n) is 17.4. The van der Waals surface area contributed by atoms with Gasteiger partial charge in [0.15, 0.2) is 5.16 Å². The third kappa shape index (κ3) is 4.64. The van der Waals surface area contributed by atoms with Crippen molar-refractivity contribution in [1.82, 2.24) is 9.55 Å². The number of carbonyl (C=O) groups excluding carboxylic acids is 1. The second-order valence-corrected chi connectivity index (χ2v) is 8.76. The Morgan fingerprint density at radius 2 is 1.88 bits per heavy atom. The van der Waals surface area contributed by atoms with E-state index >= 15 is 0 Å². The number of rotatable bonds is 6. The molecule has 0 fully saturated rings. The molecule has 4 rings (SSSR count). The zero-order chi connectivity index (χ0) is 22.7. The minimum absolute atomic E-state index is 0.219. The maximum atomic E-state index is 13.3.